The van der Waals surface area contributed by atoms with Crippen LogP contribution in [0.5, 0.6) is 0 Å². The van der Waals surface area contributed by atoms with Crippen LogP contribution in [-0.4, -0.2) is 23.5 Å². The minimum absolute atomic E-state index is 0.279. The normalized spacial score (nSPS) is 39.7. The number of amides is 1. The monoisotopic (exact) mass is 263 g/mol. The molecule has 4 fully saturated rings. The van der Waals surface area contributed by atoms with E-state index in [4.69, 9.17) is 5.11 Å². The summed E-state index contributed by atoms with van der Waals surface area (Å²) in [5, 5.41) is 11.4. The Kier molecular flexibility index (Phi) is 3.11. The van der Waals surface area contributed by atoms with E-state index in [0.29, 0.717) is 5.41 Å². The van der Waals surface area contributed by atoms with Crippen LogP contribution in [0.25, 0.3) is 0 Å². The Balaban J connectivity index is 1.58. The van der Waals surface area contributed by atoms with E-state index >= 15 is 0 Å². The maximum atomic E-state index is 11.6. The van der Waals surface area contributed by atoms with Crippen LogP contribution < -0.4 is 5.32 Å². The van der Waals surface area contributed by atoms with E-state index in [9.17, 15) is 9.59 Å². The lowest BCUT2D eigenvalue weighted by atomic mass is 9.49. The lowest BCUT2D eigenvalue weighted by Crippen LogP contribution is -2.51. The van der Waals surface area contributed by atoms with E-state index in [1.54, 1.807) is 0 Å². The molecule has 4 rings (SSSR count). The first kappa shape index (κ1) is 12.7. The molecule has 0 aromatic carbocycles. The molecule has 0 atom stereocenters. The van der Waals surface area contributed by atoms with E-state index in [1.807, 2.05) is 0 Å². The smallest absolute Gasteiger partial charge is 0.328 e. The van der Waals surface area contributed by atoms with Crippen molar-refractivity contribution in [1.29, 1.82) is 0 Å². The molecule has 4 aliphatic carbocycles. The Hall–Kier alpha value is -1.32. The van der Waals surface area contributed by atoms with Crippen molar-refractivity contribution in [2.45, 2.75) is 38.5 Å². The molecule has 2 N–H and O–H groups in total. The lowest BCUT2D eigenvalue weighted by molar-refractivity contribution is -0.131. The van der Waals surface area contributed by atoms with E-state index in [1.165, 1.54) is 38.5 Å². The molecule has 0 unspecified atom stereocenters. The summed E-state index contributed by atoms with van der Waals surface area (Å²) in [7, 11) is 0. The third kappa shape index (κ3) is 2.67. The first-order valence-electron chi connectivity index (χ1n) is 7.23. The van der Waals surface area contributed by atoms with Crippen molar-refractivity contribution < 1.29 is 14.7 Å². The van der Waals surface area contributed by atoms with Gasteiger partial charge in [0, 0.05) is 18.7 Å². The van der Waals surface area contributed by atoms with Gasteiger partial charge in [-0.25, -0.2) is 4.79 Å². The van der Waals surface area contributed by atoms with E-state index in [2.05, 4.69) is 5.32 Å². The zero-order valence-corrected chi connectivity index (χ0v) is 11.1. The van der Waals surface area contributed by atoms with Gasteiger partial charge in [0.1, 0.15) is 0 Å². The maximum absolute atomic E-state index is 11.6. The minimum Gasteiger partial charge on any atom is -0.478 e. The predicted molar refractivity (Wildman–Crippen MR) is 70.4 cm³/mol. The zero-order valence-electron chi connectivity index (χ0n) is 11.1. The van der Waals surface area contributed by atoms with E-state index in [0.717, 1.165) is 36.5 Å². The van der Waals surface area contributed by atoms with Gasteiger partial charge in [-0.05, 0) is 61.7 Å². The summed E-state index contributed by atoms with van der Waals surface area (Å²) in [5.41, 5.74) is 0.307. The van der Waals surface area contributed by atoms with Crippen LogP contribution in [0, 0.1) is 23.2 Å². The van der Waals surface area contributed by atoms with Gasteiger partial charge in [-0.15, -0.1) is 0 Å². The molecule has 19 heavy (non-hydrogen) atoms. The quantitative estimate of drug-likeness (QED) is 0.762. The standard InChI is InChI=1S/C15H21NO3/c17-13(1-2-14(18)19)16-9-15-6-10-3-11(7-15)5-12(4-10)8-15/h1-2,10-12H,3-9H2,(H,16,17)(H,18,19)/b2-1+. The van der Waals surface area contributed by atoms with Crippen molar-refractivity contribution >= 4 is 11.9 Å². The molecule has 0 aromatic heterocycles. The molecule has 4 heteroatoms. The van der Waals surface area contributed by atoms with Gasteiger partial charge < -0.3 is 10.4 Å². The Bertz CT molecular complexity index is 392. The second-order valence-electron chi connectivity index (χ2n) is 6.81. The fraction of sp³-hybridized carbons (Fsp3) is 0.733. The molecule has 4 saturated carbocycles. The molecular formula is C15H21NO3. The van der Waals surface area contributed by atoms with Gasteiger partial charge >= 0.3 is 5.97 Å². The molecule has 0 heterocycles. The van der Waals surface area contributed by atoms with Crippen molar-refractivity contribution in [1.82, 2.24) is 5.32 Å². The van der Waals surface area contributed by atoms with Crippen LogP contribution in [0.15, 0.2) is 12.2 Å². The molecule has 0 aliphatic heterocycles. The number of hydrogen-bond donors (Lipinski definition) is 2. The summed E-state index contributed by atoms with van der Waals surface area (Å²) in [6, 6.07) is 0. The number of carboxylic acids is 1. The summed E-state index contributed by atoms with van der Waals surface area (Å²) in [5.74, 6) is 1.26. The minimum atomic E-state index is -1.08. The molecule has 0 radical (unpaired) electrons. The lowest BCUT2D eigenvalue weighted by Gasteiger charge is -2.56. The second-order valence-corrected chi connectivity index (χ2v) is 6.81. The van der Waals surface area contributed by atoms with Gasteiger partial charge in [0.25, 0.3) is 0 Å². The highest BCUT2D eigenvalue weighted by molar-refractivity contribution is 5.93. The summed E-state index contributed by atoms with van der Waals surface area (Å²) in [6.07, 6.45) is 9.95. The highest BCUT2D eigenvalue weighted by atomic mass is 16.4. The number of nitrogens with one attached hydrogen (secondary N) is 1. The molecule has 0 saturated heterocycles. The Morgan fingerprint density at radius 2 is 1.58 bits per heavy atom. The molecule has 4 aliphatic rings. The number of carbonyl (C=O) groups is 2. The number of hydrogen-bond acceptors (Lipinski definition) is 2. The summed E-state index contributed by atoms with van der Waals surface area (Å²) in [6.45, 7) is 0.722. The second kappa shape index (κ2) is 4.66. The average Bonchev–Trinajstić information content (AvgIpc) is 2.32. The Morgan fingerprint density at radius 1 is 1.05 bits per heavy atom. The number of rotatable bonds is 4. The predicted octanol–water partition coefficient (Wildman–Crippen LogP) is 1.96. The van der Waals surface area contributed by atoms with Gasteiger partial charge in [-0.2, -0.15) is 0 Å². The highest BCUT2D eigenvalue weighted by Gasteiger charge is 2.50. The summed E-state index contributed by atoms with van der Waals surface area (Å²) >= 11 is 0. The van der Waals surface area contributed by atoms with Crippen LogP contribution >= 0.6 is 0 Å². The van der Waals surface area contributed by atoms with Crippen LogP contribution in [0.4, 0.5) is 0 Å². The SMILES string of the molecule is O=C(O)/C=C/C(=O)NCC12CC3CC(CC(C3)C1)C2. The summed E-state index contributed by atoms with van der Waals surface area (Å²) in [4.78, 5) is 21.9. The number of carbonyl (C=O) groups excluding carboxylic acids is 1. The highest BCUT2D eigenvalue weighted by Crippen LogP contribution is 2.59. The summed E-state index contributed by atoms with van der Waals surface area (Å²) < 4.78 is 0. The Labute approximate surface area is 113 Å². The number of carboxylic acid groups (broad SMARTS) is 1. The third-order valence-corrected chi connectivity index (χ3v) is 5.18. The third-order valence-electron chi connectivity index (χ3n) is 5.18. The molecule has 0 spiro atoms. The van der Waals surface area contributed by atoms with Crippen molar-refractivity contribution in [3.8, 4) is 0 Å². The van der Waals surface area contributed by atoms with Gasteiger partial charge in [0.05, 0.1) is 0 Å². The molecular weight excluding hydrogens is 242 g/mol. The van der Waals surface area contributed by atoms with Crippen LogP contribution in [0.2, 0.25) is 0 Å². The topological polar surface area (TPSA) is 66.4 Å². The van der Waals surface area contributed by atoms with Gasteiger partial charge in [-0.3, -0.25) is 4.79 Å². The molecule has 4 nitrogen and oxygen atoms in total. The van der Waals surface area contributed by atoms with E-state index < -0.39 is 5.97 Å². The fourth-order valence-corrected chi connectivity index (χ4v) is 4.99. The fourth-order valence-electron chi connectivity index (χ4n) is 4.99. The van der Waals surface area contributed by atoms with E-state index in [-0.39, 0.29) is 5.91 Å². The van der Waals surface area contributed by atoms with Crippen LogP contribution in [-0.2, 0) is 9.59 Å². The van der Waals surface area contributed by atoms with Gasteiger partial charge in [0.15, 0.2) is 0 Å². The first-order chi connectivity index (χ1) is 9.05. The molecule has 104 valence electrons. The number of aliphatic carboxylic acids is 1. The van der Waals surface area contributed by atoms with Crippen LogP contribution in [0.1, 0.15) is 38.5 Å². The maximum Gasteiger partial charge on any atom is 0.328 e. The first-order valence-corrected chi connectivity index (χ1v) is 7.23. The van der Waals surface area contributed by atoms with Gasteiger partial charge in [0.2, 0.25) is 5.91 Å². The van der Waals surface area contributed by atoms with Crippen molar-refractivity contribution in [3.63, 3.8) is 0 Å². The molecule has 0 aromatic rings. The Morgan fingerprint density at radius 3 is 2.05 bits per heavy atom. The largest absolute Gasteiger partial charge is 0.478 e. The van der Waals surface area contributed by atoms with Gasteiger partial charge in [-0.1, -0.05) is 0 Å². The van der Waals surface area contributed by atoms with Crippen molar-refractivity contribution in [3.05, 3.63) is 12.2 Å². The van der Waals surface area contributed by atoms with Crippen molar-refractivity contribution in [2.75, 3.05) is 6.54 Å². The zero-order chi connectivity index (χ0) is 13.5. The van der Waals surface area contributed by atoms with Crippen molar-refractivity contribution in [2.24, 2.45) is 23.2 Å². The average molecular weight is 263 g/mol. The van der Waals surface area contributed by atoms with Crippen LogP contribution in [0.3, 0.4) is 0 Å². The molecule has 1 amide bonds. The molecule has 4 bridgehead atoms.